The summed E-state index contributed by atoms with van der Waals surface area (Å²) in [5.41, 5.74) is 1.28. The predicted molar refractivity (Wildman–Crippen MR) is 118 cm³/mol. The maximum Gasteiger partial charge on any atom is 0.245 e. The predicted octanol–water partition coefficient (Wildman–Crippen LogP) is 3.32. The number of anilines is 1. The van der Waals surface area contributed by atoms with E-state index in [2.05, 4.69) is 15.6 Å². The van der Waals surface area contributed by atoms with Crippen LogP contribution in [-0.4, -0.2) is 43.2 Å². The lowest BCUT2D eigenvalue weighted by Crippen LogP contribution is -2.38. The first kappa shape index (κ1) is 22.4. The molecule has 1 aliphatic carbocycles. The molecule has 8 heteroatoms. The number of amides is 1. The largest absolute Gasteiger partial charge is 0.324 e. The number of rotatable bonds is 8. The third-order valence-electron chi connectivity index (χ3n) is 5.66. The molecule has 1 fully saturated rings. The van der Waals surface area contributed by atoms with Crippen molar-refractivity contribution in [1.82, 2.24) is 14.6 Å². The quantitative estimate of drug-likeness (QED) is 0.670. The van der Waals surface area contributed by atoms with Crippen molar-refractivity contribution in [1.29, 1.82) is 0 Å². The third kappa shape index (κ3) is 5.44. The first-order chi connectivity index (χ1) is 14.4. The van der Waals surface area contributed by atoms with Gasteiger partial charge in [0.05, 0.1) is 12.2 Å². The van der Waals surface area contributed by atoms with E-state index in [0.717, 1.165) is 37.7 Å². The SMILES string of the molecule is CC(NCC(=O)Nc1ccccc1S(=O)(=O)N(C)C1CCCCC1)c1cccnc1. The zero-order valence-corrected chi connectivity index (χ0v) is 18.4. The van der Waals surface area contributed by atoms with Crippen LogP contribution in [-0.2, 0) is 14.8 Å². The lowest BCUT2D eigenvalue weighted by Gasteiger charge is -2.31. The molecule has 2 N–H and O–H groups in total. The highest BCUT2D eigenvalue weighted by Gasteiger charge is 2.31. The molecule has 1 aromatic carbocycles. The van der Waals surface area contributed by atoms with Crippen molar-refractivity contribution < 1.29 is 13.2 Å². The number of para-hydroxylation sites is 1. The van der Waals surface area contributed by atoms with Crippen LogP contribution in [0.2, 0.25) is 0 Å². The third-order valence-corrected chi connectivity index (χ3v) is 7.63. The molecule has 2 aromatic rings. The molecule has 162 valence electrons. The summed E-state index contributed by atoms with van der Waals surface area (Å²) < 4.78 is 27.9. The second-order valence-corrected chi connectivity index (χ2v) is 9.71. The molecule has 7 nitrogen and oxygen atoms in total. The Morgan fingerprint density at radius 2 is 1.90 bits per heavy atom. The number of aromatic nitrogens is 1. The highest BCUT2D eigenvalue weighted by atomic mass is 32.2. The zero-order chi connectivity index (χ0) is 21.6. The number of benzene rings is 1. The number of pyridine rings is 1. The second-order valence-electron chi connectivity index (χ2n) is 7.75. The van der Waals surface area contributed by atoms with Gasteiger partial charge in [0, 0.05) is 31.5 Å². The molecule has 3 rings (SSSR count). The number of carbonyl (C=O) groups excluding carboxylic acids is 1. The van der Waals surface area contributed by atoms with Gasteiger partial charge in [-0.3, -0.25) is 9.78 Å². The highest BCUT2D eigenvalue weighted by molar-refractivity contribution is 7.89. The first-order valence-corrected chi connectivity index (χ1v) is 11.8. The molecule has 30 heavy (non-hydrogen) atoms. The van der Waals surface area contributed by atoms with E-state index in [1.54, 1.807) is 43.7 Å². The fourth-order valence-electron chi connectivity index (χ4n) is 3.78. The topological polar surface area (TPSA) is 91.4 Å². The van der Waals surface area contributed by atoms with Crippen LogP contribution in [0.4, 0.5) is 5.69 Å². The van der Waals surface area contributed by atoms with Gasteiger partial charge in [-0.1, -0.05) is 37.5 Å². The van der Waals surface area contributed by atoms with Crippen molar-refractivity contribution in [2.45, 2.75) is 56.0 Å². The van der Waals surface area contributed by atoms with Crippen molar-refractivity contribution in [2.75, 3.05) is 18.9 Å². The van der Waals surface area contributed by atoms with Crippen LogP contribution < -0.4 is 10.6 Å². The number of nitrogens with one attached hydrogen (secondary N) is 2. The van der Waals surface area contributed by atoms with Crippen LogP contribution >= 0.6 is 0 Å². The minimum absolute atomic E-state index is 0.00880. The molecule has 0 saturated heterocycles. The first-order valence-electron chi connectivity index (χ1n) is 10.4. The lowest BCUT2D eigenvalue weighted by atomic mass is 9.96. The van der Waals surface area contributed by atoms with Crippen LogP contribution in [0.1, 0.15) is 50.6 Å². The van der Waals surface area contributed by atoms with Crippen molar-refractivity contribution in [3.63, 3.8) is 0 Å². The molecule has 0 spiro atoms. The average molecular weight is 431 g/mol. The molecule has 1 atom stereocenters. The average Bonchev–Trinajstić information content (AvgIpc) is 2.78. The monoisotopic (exact) mass is 430 g/mol. The van der Waals surface area contributed by atoms with E-state index in [-0.39, 0.29) is 29.4 Å². The van der Waals surface area contributed by atoms with Crippen LogP contribution in [0.5, 0.6) is 0 Å². The Morgan fingerprint density at radius 1 is 1.17 bits per heavy atom. The standard InChI is InChI=1S/C22H30N4O3S/c1-17(18-9-8-14-23-15-18)24-16-22(27)25-20-12-6-7-13-21(20)30(28,29)26(2)19-10-4-3-5-11-19/h6-9,12-15,17,19,24H,3-5,10-11,16H2,1-2H3,(H,25,27). The minimum atomic E-state index is -3.70. The second kappa shape index (κ2) is 10.1. The smallest absolute Gasteiger partial charge is 0.245 e. The number of nitrogens with zero attached hydrogens (tertiary/aromatic N) is 2. The molecule has 0 radical (unpaired) electrons. The number of hydrogen-bond donors (Lipinski definition) is 2. The van der Waals surface area contributed by atoms with E-state index in [1.807, 2.05) is 19.1 Å². The van der Waals surface area contributed by atoms with Crippen LogP contribution in [0.3, 0.4) is 0 Å². The van der Waals surface area contributed by atoms with Crippen LogP contribution in [0.25, 0.3) is 0 Å². The molecule has 0 aliphatic heterocycles. The fourth-order valence-corrected chi connectivity index (χ4v) is 5.34. The van der Waals surface area contributed by atoms with Crippen LogP contribution in [0.15, 0.2) is 53.7 Å². The number of hydrogen-bond acceptors (Lipinski definition) is 5. The Kier molecular flexibility index (Phi) is 7.58. The molecule has 1 aromatic heterocycles. The van der Waals surface area contributed by atoms with Gasteiger partial charge in [0.2, 0.25) is 15.9 Å². The summed E-state index contributed by atoms with van der Waals surface area (Å²) in [5, 5.41) is 5.90. The Balaban J connectivity index is 1.67. The van der Waals surface area contributed by atoms with E-state index in [9.17, 15) is 13.2 Å². The molecule has 1 unspecified atom stereocenters. The molecule has 1 amide bonds. The van der Waals surface area contributed by atoms with E-state index < -0.39 is 10.0 Å². The fraction of sp³-hybridized carbons (Fsp3) is 0.455. The van der Waals surface area contributed by atoms with Gasteiger partial charge in [-0.2, -0.15) is 4.31 Å². The van der Waals surface area contributed by atoms with Crippen molar-refractivity contribution >= 4 is 21.6 Å². The van der Waals surface area contributed by atoms with E-state index in [0.29, 0.717) is 5.69 Å². The Hall–Kier alpha value is -2.29. The normalized spacial score (nSPS) is 16.4. The molecule has 1 heterocycles. The molecular weight excluding hydrogens is 400 g/mol. The summed E-state index contributed by atoms with van der Waals surface area (Å²) in [4.78, 5) is 16.7. The Bertz CT molecular complexity index is 944. The molecule has 1 aliphatic rings. The van der Waals surface area contributed by atoms with Gasteiger partial charge in [-0.05, 0) is 43.5 Å². The van der Waals surface area contributed by atoms with Gasteiger partial charge in [0.25, 0.3) is 0 Å². The molecule has 0 bridgehead atoms. The minimum Gasteiger partial charge on any atom is -0.324 e. The van der Waals surface area contributed by atoms with E-state index in [4.69, 9.17) is 0 Å². The van der Waals surface area contributed by atoms with E-state index >= 15 is 0 Å². The van der Waals surface area contributed by atoms with Crippen molar-refractivity contribution in [2.24, 2.45) is 0 Å². The van der Waals surface area contributed by atoms with Crippen LogP contribution in [0, 0.1) is 0 Å². The lowest BCUT2D eigenvalue weighted by molar-refractivity contribution is -0.115. The maximum atomic E-state index is 13.2. The Morgan fingerprint density at radius 3 is 2.60 bits per heavy atom. The zero-order valence-electron chi connectivity index (χ0n) is 17.5. The van der Waals surface area contributed by atoms with Gasteiger partial charge in [-0.25, -0.2) is 8.42 Å². The summed E-state index contributed by atoms with van der Waals surface area (Å²) in [6, 6.07) is 10.3. The summed E-state index contributed by atoms with van der Waals surface area (Å²) in [6.45, 7) is 2.00. The van der Waals surface area contributed by atoms with Gasteiger partial charge in [0.1, 0.15) is 4.90 Å². The summed E-state index contributed by atoms with van der Waals surface area (Å²) in [5.74, 6) is -0.297. The maximum absolute atomic E-state index is 13.2. The summed E-state index contributed by atoms with van der Waals surface area (Å²) >= 11 is 0. The summed E-state index contributed by atoms with van der Waals surface area (Å²) in [7, 11) is -2.06. The molecular formula is C22H30N4O3S. The van der Waals surface area contributed by atoms with Gasteiger partial charge < -0.3 is 10.6 Å². The van der Waals surface area contributed by atoms with Gasteiger partial charge >= 0.3 is 0 Å². The highest BCUT2D eigenvalue weighted by Crippen LogP contribution is 2.29. The van der Waals surface area contributed by atoms with E-state index in [1.165, 1.54) is 4.31 Å². The van der Waals surface area contributed by atoms with Gasteiger partial charge in [0.15, 0.2) is 0 Å². The van der Waals surface area contributed by atoms with Crippen molar-refractivity contribution in [3.05, 3.63) is 54.4 Å². The van der Waals surface area contributed by atoms with Gasteiger partial charge in [-0.15, -0.1) is 0 Å². The Labute approximate surface area is 178 Å². The number of carbonyl (C=O) groups is 1. The summed E-state index contributed by atoms with van der Waals surface area (Å²) in [6.07, 6.45) is 8.44. The van der Waals surface area contributed by atoms with Crippen molar-refractivity contribution in [3.8, 4) is 0 Å². The number of sulfonamides is 1. The molecule has 1 saturated carbocycles.